The Labute approximate surface area is 196 Å². The molecule has 0 spiro atoms. The molecule has 1 aromatic carbocycles. The molecule has 2 amide bonds. The second-order valence-electron chi connectivity index (χ2n) is 7.62. The first-order valence-electron chi connectivity index (χ1n) is 10.2. The minimum Gasteiger partial charge on any atom is -0.423 e. The maximum absolute atomic E-state index is 14.0. The van der Waals surface area contributed by atoms with Crippen molar-refractivity contribution in [2.45, 2.75) is 30.4 Å². The summed E-state index contributed by atoms with van der Waals surface area (Å²) in [4.78, 5) is 34.6. The lowest BCUT2D eigenvalue weighted by molar-refractivity contribution is -0.127. The van der Waals surface area contributed by atoms with Crippen LogP contribution in [0.4, 0.5) is 18.9 Å². The molecule has 1 aliphatic carbocycles. The van der Waals surface area contributed by atoms with Crippen LogP contribution in [0.25, 0.3) is 11.5 Å². The van der Waals surface area contributed by atoms with Crippen molar-refractivity contribution in [2.24, 2.45) is 5.92 Å². The largest absolute Gasteiger partial charge is 0.423 e. The van der Waals surface area contributed by atoms with E-state index in [1.165, 1.54) is 43.0 Å². The van der Waals surface area contributed by atoms with Crippen LogP contribution in [-0.4, -0.2) is 50.1 Å². The number of hydrogen-bond donors (Lipinski definition) is 1. The molecule has 0 radical (unpaired) electrons. The van der Waals surface area contributed by atoms with E-state index in [0.29, 0.717) is 5.56 Å². The molecule has 1 N–H and O–H groups in total. The number of carbonyl (C=O) groups is 2. The number of carbonyl (C=O) groups excluding carboxylic acids is 2. The summed E-state index contributed by atoms with van der Waals surface area (Å²) in [7, 11) is 0. The van der Waals surface area contributed by atoms with Gasteiger partial charge in [0.15, 0.2) is 0 Å². The number of nitrogens with one attached hydrogen (secondary N) is 1. The van der Waals surface area contributed by atoms with Gasteiger partial charge in [-0.1, -0.05) is 11.6 Å². The fraction of sp³-hybridized carbons (Fsp3) is 0.333. The summed E-state index contributed by atoms with van der Waals surface area (Å²) in [6, 6.07) is 4.56. The van der Waals surface area contributed by atoms with E-state index < -0.39 is 35.3 Å². The van der Waals surface area contributed by atoms with Crippen LogP contribution in [0, 0.1) is 5.92 Å². The summed E-state index contributed by atoms with van der Waals surface area (Å²) in [5, 5.41) is 9.92. The number of aromatic nitrogens is 4. The maximum Gasteiger partial charge on any atom is 0.278 e. The molecule has 2 heterocycles. The first-order chi connectivity index (χ1) is 16.3. The summed E-state index contributed by atoms with van der Waals surface area (Å²) in [5.41, 5.74) is -1.64. The molecular weight excluding hydrogens is 477 g/mol. The first kappa shape index (κ1) is 23.6. The lowest BCUT2D eigenvalue weighted by Crippen LogP contribution is -2.46. The SMILES string of the molecule is O=C(NCCC1CC1(F)F)C(c1cncnc1)N(C(=O)C(F)Cl)c1ccc(-c2nnco2)cc1. The number of alkyl halides is 4. The number of anilines is 1. The Morgan fingerprint density at radius 3 is 2.47 bits per heavy atom. The van der Waals surface area contributed by atoms with Crippen LogP contribution < -0.4 is 10.2 Å². The second-order valence-corrected chi connectivity index (χ2v) is 8.00. The highest BCUT2D eigenvalue weighted by atomic mass is 35.5. The Balaban J connectivity index is 1.64. The number of amides is 2. The topological polar surface area (TPSA) is 114 Å². The van der Waals surface area contributed by atoms with Crippen molar-refractivity contribution in [3.05, 3.63) is 54.9 Å². The zero-order valence-corrected chi connectivity index (χ0v) is 18.2. The van der Waals surface area contributed by atoms with Crippen LogP contribution in [0.2, 0.25) is 0 Å². The molecule has 1 saturated carbocycles. The number of halogens is 4. The predicted molar refractivity (Wildman–Crippen MR) is 113 cm³/mol. The van der Waals surface area contributed by atoms with Gasteiger partial charge in [0.25, 0.3) is 17.5 Å². The van der Waals surface area contributed by atoms with Gasteiger partial charge in [-0.05, 0) is 30.7 Å². The van der Waals surface area contributed by atoms with E-state index in [1.807, 2.05) is 0 Å². The highest BCUT2D eigenvalue weighted by Crippen LogP contribution is 2.50. The molecular formula is C21H18ClF3N6O3. The first-order valence-corrected chi connectivity index (χ1v) is 10.6. The second kappa shape index (κ2) is 9.75. The van der Waals surface area contributed by atoms with E-state index in [9.17, 15) is 22.8 Å². The molecule has 3 atom stereocenters. The minimum absolute atomic E-state index is 0.0542. The van der Waals surface area contributed by atoms with Crippen molar-refractivity contribution in [1.29, 1.82) is 0 Å². The van der Waals surface area contributed by atoms with Gasteiger partial charge in [0.2, 0.25) is 18.2 Å². The van der Waals surface area contributed by atoms with E-state index in [0.717, 1.165) is 11.3 Å². The third-order valence-electron chi connectivity index (χ3n) is 5.33. The normalized spacial score (nSPS) is 18.1. The van der Waals surface area contributed by atoms with Gasteiger partial charge in [-0.25, -0.2) is 23.1 Å². The van der Waals surface area contributed by atoms with Crippen molar-refractivity contribution < 1.29 is 27.2 Å². The molecule has 0 aliphatic heterocycles. The standard InChI is InChI=1S/C21H18ClF3N6O3/c22-17(23)20(33)31(15-3-1-12(2-4-15)19-30-29-11-34-19)16(13-8-26-10-27-9-13)18(32)28-6-5-14-7-21(14,24)25/h1-4,8-11,14,16-17H,5-7H2,(H,28,32). The summed E-state index contributed by atoms with van der Waals surface area (Å²) in [6.45, 7) is -0.0542. The molecule has 1 aliphatic rings. The van der Waals surface area contributed by atoms with Crippen molar-refractivity contribution in [3.63, 3.8) is 0 Å². The number of nitrogens with zero attached hydrogens (tertiary/aromatic N) is 5. The molecule has 178 valence electrons. The van der Waals surface area contributed by atoms with E-state index in [4.69, 9.17) is 16.0 Å². The lowest BCUT2D eigenvalue weighted by Gasteiger charge is -2.31. The Morgan fingerprint density at radius 2 is 1.91 bits per heavy atom. The van der Waals surface area contributed by atoms with Crippen LogP contribution in [0.3, 0.4) is 0 Å². The van der Waals surface area contributed by atoms with Crippen LogP contribution in [0.5, 0.6) is 0 Å². The third kappa shape index (κ3) is 5.16. The van der Waals surface area contributed by atoms with Crippen LogP contribution in [0.15, 0.2) is 53.8 Å². The molecule has 0 bridgehead atoms. The summed E-state index contributed by atoms with van der Waals surface area (Å²) < 4.78 is 45.5. The van der Waals surface area contributed by atoms with E-state index in [-0.39, 0.29) is 36.5 Å². The quantitative estimate of drug-likeness (QED) is 0.454. The maximum atomic E-state index is 14.0. The van der Waals surface area contributed by atoms with Gasteiger partial charge in [-0.3, -0.25) is 14.5 Å². The summed E-state index contributed by atoms with van der Waals surface area (Å²) in [6.07, 6.45) is 4.78. The highest BCUT2D eigenvalue weighted by Gasteiger charge is 2.56. The van der Waals surface area contributed by atoms with Gasteiger partial charge in [0, 0.05) is 48.1 Å². The van der Waals surface area contributed by atoms with Gasteiger partial charge < -0.3 is 9.73 Å². The van der Waals surface area contributed by atoms with Crippen LogP contribution >= 0.6 is 11.6 Å². The van der Waals surface area contributed by atoms with Crippen molar-refractivity contribution >= 4 is 29.1 Å². The summed E-state index contributed by atoms with van der Waals surface area (Å²) >= 11 is 5.47. The smallest absolute Gasteiger partial charge is 0.278 e. The fourth-order valence-electron chi connectivity index (χ4n) is 3.49. The average Bonchev–Trinajstić information content (AvgIpc) is 3.19. The average molecular weight is 495 g/mol. The van der Waals surface area contributed by atoms with Crippen LogP contribution in [-0.2, 0) is 9.59 Å². The highest BCUT2D eigenvalue weighted by molar-refractivity contribution is 6.32. The summed E-state index contributed by atoms with van der Waals surface area (Å²) in [5.74, 6) is -5.25. The number of hydrogen-bond acceptors (Lipinski definition) is 7. The Bertz CT molecular complexity index is 1130. The number of rotatable bonds is 9. The van der Waals surface area contributed by atoms with Gasteiger partial charge in [0.05, 0.1) is 0 Å². The molecule has 3 unspecified atom stereocenters. The molecule has 0 saturated heterocycles. The predicted octanol–water partition coefficient (Wildman–Crippen LogP) is 3.30. The molecule has 13 heteroatoms. The third-order valence-corrected chi connectivity index (χ3v) is 5.51. The van der Waals surface area contributed by atoms with E-state index >= 15 is 0 Å². The molecule has 2 aromatic heterocycles. The van der Waals surface area contributed by atoms with E-state index in [1.54, 1.807) is 0 Å². The zero-order valence-electron chi connectivity index (χ0n) is 17.4. The van der Waals surface area contributed by atoms with Gasteiger partial charge >= 0.3 is 0 Å². The van der Waals surface area contributed by atoms with Crippen LogP contribution in [0.1, 0.15) is 24.4 Å². The van der Waals surface area contributed by atoms with Gasteiger partial charge in [-0.15, -0.1) is 10.2 Å². The lowest BCUT2D eigenvalue weighted by atomic mass is 10.1. The Hall–Kier alpha value is -3.54. The molecule has 4 rings (SSSR count). The Kier molecular flexibility index (Phi) is 6.77. The molecule has 3 aromatic rings. The van der Waals surface area contributed by atoms with Crippen molar-refractivity contribution in [2.75, 3.05) is 11.4 Å². The van der Waals surface area contributed by atoms with E-state index in [2.05, 4.69) is 25.5 Å². The van der Waals surface area contributed by atoms with Gasteiger partial charge in [-0.2, -0.15) is 0 Å². The number of benzene rings is 1. The zero-order chi connectivity index (χ0) is 24.3. The fourth-order valence-corrected chi connectivity index (χ4v) is 3.60. The van der Waals surface area contributed by atoms with Crippen molar-refractivity contribution in [1.82, 2.24) is 25.5 Å². The molecule has 34 heavy (non-hydrogen) atoms. The molecule has 9 nitrogen and oxygen atoms in total. The Morgan fingerprint density at radius 1 is 1.24 bits per heavy atom. The van der Waals surface area contributed by atoms with Gasteiger partial charge in [0.1, 0.15) is 12.4 Å². The monoisotopic (exact) mass is 494 g/mol. The van der Waals surface area contributed by atoms with Crippen molar-refractivity contribution in [3.8, 4) is 11.5 Å². The molecule has 1 fully saturated rings. The minimum atomic E-state index is -2.72.